The van der Waals surface area contributed by atoms with Crippen molar-refractivity contribution in [1.82, 2.24) is 4.98 Å². The summed E-state index contributed by atoms with van der Waals surface area (Å²) in [6, 6.07) is 7.41. The molecule has 5 rings (SSSR count). The number of urea groups is 1. The molecule has 7 heteroatoms. The van der Waals surface area contributed by atoms with Crippen molar-refractivity contribution < 1.29 is 14.3 Å². The van der Waals surface area contributed by atoms with Gasteiger partial charge in [0.05, 0.1) is 11.6 Å². The molecule has 164 valence electrons. The summed E-state index contributed by atoms with van der Waals surface area (Å²) in [6.07, 6.45) is 3.03. The van der Waals surface area contributed by atoms with Crippen molar-refractivity contribution in [3.05, 3.63) is 40.4 Å². The molecule has 6 unspecified atom stereocenters. The number of esters is 1. The Balaban J connectivity index is 1.36. The van der Waals surface area contributed by atoms with Crippen LogP contribution in [-0.4, -0.2) is 23.1 Å². The number of anilines is 2. The van der Waals surface area contributed by atoms with Gasteiger partial charge in [-0.05, 0) is 43.7 Å². The molecular formula is C24H29N3O3S. The minimum absolute atomic E-state index is 0.0127. The summed E-state index contributed by atoms with van der Waals surface area (Å²) in [7, 11) is 0. The average molecular weight is 440 g/mol. The number of carbonyl (C=O) groups is 2. The Morgan fingerprint density at radius 3 is 2.68 bits per heavy atom. The summed E-state index contributed by atoms with van der Waals surface area (Å²) >= 11 is 1.57. The third kappa shape index (κ3) is 3.43. The first kappa shape index (κ1) is 20.5. The van der Waals surface area contributed by atoms with Crippen LogP contribution in [0.25, 0.3) is 0 Å². The number of nitrogens with one attached hydrogen (secondary N) is 2. The molecule has 0 bridgehead atoms. The summed E-state index contributed by atoms with van der Waals surface area (Å²) in [6.45, 7) is 8.56. The minimum atomic E-state index is -0.287. The quantitative estimate of drug-likeness (QED) is 0.618. The van der Waals surface area contributed by atoms with Crippen molar-refractivity contribution in [2.75, 3.05) is 10.6 Å². The van der Waals surface area contributed by atoms with Crippen LogP contribution in [0, 0.1) is 30.1 Å². The number of fused-ring (bicyclic) bond motifs is 4. The Morgan fingerprint density at radius 1 is 1.19 bits per heavy atom. The van der Waals surface area contributed by atoms with Gasteiger partial charge in [-0.2, -0.15) is 0 Å². The molecule has 0 radical (unpaired) electrons. The van der Waals surface area contributed by atoms with Crippen LogP contribution in [0.3, 0.4) is 0 Å². The van der Waals surface area contributed by atoms with Crippen molar-refractivity contribution >= 4 is 34.2 Å². The molecule has 1 aliphatic heterocycles. The van der Waals surface area contributed by atoms with E-state index in [-0.39, 0.29) is 41.3 Å². The van der Waals surface area contributed by atoms with Gasteiger partial charge in [0.2, 0.25) is 0 Å². The van der Waals surface area contributed by atoms with Gasteiger partial charge in [0.15, 0.2) is 5.13 Å². The lowest BCUT2D eigenvalue weighted by Crippen LogP contribution is -2.50. The number of ether oxygens (including phenoxy) is 1. The number of hydrogen-bond acceptors (Lipinski definition) is 5. The number of amides is 2. The number of rotatable bonds is 2. The van der Waals surface area contributed by atoms with E-state index in [4.69, 9.17) is 9.72 Å². The summed E-state index contributed by atoms with van der Waals surface area (Å²) in [4.78, 5) is 30.8. The maximum Gasteiger partial charge on any atom is 0.325 e. The Labute approximate surface area is 186 Å². The number of thiazole rings is 1. The number of carbonyl (C=O) groups excluding carboxylic acids is 2. The van der Waals surface area contributed by atoms with Gasteiger partial charge in [-0.25, -0.2) is 9.78 Å². The Bertz CT molecular complexity index is 1030. The fraction of sp³-hybridized carbons (Fsp3) is 0.542. The molecule has 1 aromatic carbocycles. The number of benzene rings is 1. The normalized spacial score (nSPS) is 33.7. The molecule has 2 N–H and O–H groups in total. The van der Waals surface area contributed by atoms with Crippen molar-refractivity contribution in [2.24, 2.45) is 23.2 Å². The van der Waals surface area contributed by atoms with E-state index < -0.39 is 0 Å². The molecule has 2 aromatic rings. The molecule has 2 amide bonds. The summed E-state index contributed by atoms with van der Waals surface area (Å²) in [5.74, 6) is 0.702. The number of aromatic nitrogens is 1. The lowest BCUT2D eigenvalue weighted by Gasteiger charge is -2.51. The first-order valence-corrected chi connectivity index (χ1v) is 11.9. The highest BCUT2D eigenvalue weighted by molar-refractivity contribution is 7.15. The smallest absolute Gasteiger partial charge is 0.325 e. The second-order valence-corrected chi connectivity index (χ2v) is 10.9. The maximum atomic E-state index is 12.5. The van der Waals surface area contributed by atoms with Crippen LogP contribution in [0.1, 0.15) is 55.7 Å². The highest BCUT2D eigenvalue weighted by Gasteiger charge is 2.58. The Morgan fingerprint density at radius 2 is 1.94 bits per heavy atom. The second kappa shape index (κ2) is 7.33. The maximum absolute atomic E-state index is 12.5. The number of aryl methyl sites for hydroxylation is 1. The molecule has 2 heterocycles. The van der Waals surface area contributed by atoms with Crippen LogP contribution in [0.15, 0.2) is 24.3 Å². The van der Waals surface area contributed by atoms with Gasteiger partial charge in [-0.3, -0.25) is 10.1 Å². The molecular weight excluding hydrogens is 410 g/mol. The van der Waals surface area contributed by atoms with Gasteiger partial charge < -0.3 is 10.1 Å². The highest BCUT2D eigenvalue weighted by atomic mass is 32.1. The standard InChI is InChI=1S/C24H29N3O3S/c1-12-5-7-15(8-6-12)25-22(29)27-23-26-19-14(3)18-20-16(13(2)21(28)30-20)9-10-24(18,4)11-17(19)31-23/h5-8,13-14,16,18,20H,9-11H2,1-4H3,(H2,25,26,27,29). The average Bonchev–Trinajstić information content (AvgIpc) is 3.23. The van der Waals surface area contributed by atoms with E-state index in [9.17, 15) is 9.59 Å². The Kier molecular flexibility index (Phi) is 4.84. The van der Waals surface area contributed by atoms with E-state index in [0.29, 0.717) is 11.0 Å². The molecule has 6 atom stereocenters. The second-order valence-electron chi connectivity index (χ2n) is 9.81. The van der Waals surface area contributed by atoms with Crippen molar-refractivity contribution in [3.63, 3.8) is 0 Å². The van der Waals surface area contributed by atoms with Gasteiger partial charge in [-0.15, -0.1) is 11.3 Å². The highest BCUT2D eigenvalue weighted by Crippen LogP contribution is 2.59. The van der Waals surface area contributed by atoms with Crippen LogP contribution in [0.4, 0.5) is 15.6 Å². The van der Waals surface area contributed by atoms with Crippen molar-refractivity contribution in [1.29, 1.82) is 0 Å². The molecule has 0 spiro atoms. The van der Waals surface area contributed by atoms with E-state index in [0.717, 1.165) is 36.2 Å². The zero-order valence-corrected chi connectivity index (χ0v) is 19.2. The van der Waals surface area contributed by atoms with Gasteiger partial charge in [0.25, 0.3) is 0 Å². The van der Waals surface area contributed by atoms with Gasteiger partial charge in [0.1, 0.15) is 6.10 Å². The zero-order chi connectivity index (χ0) is 21.9. The molecule has 1 aromatic heterocycles. The first-order chi connectivity index (χ1) is 14.7. The third-order valence-electron chi connectivity index (χ3n) is 7.69. The van der Waals surface area contributed by atoms with Gasteiger partial charge in [-0.1, -0.05) is 38.5 Å². The molecule has 3 aliphatic rings. The lowest BCUT2D eigenvalue weighted by molar-refractivity contribution is -0.149. The van der Waals surface area contributed by atoms with Crippen molar-refractivity contribution in [3.8, 4) is 0 Å². The van der Waals surface area contributed by atoms with Crippen LogP contribution < -0.4 is 10.6 Å². The van der Waals surface area contributed by atoms with E-state index in [1.807, 2.05) is 38.1 Å². The van der Waals surface area contributed by atoms with Crippen LogP contribution in [0.2, 0.25) is 0 Å². The molecule has 1 saturated carbocycles. The predicted molar refractivity (Wildman–Crippen MR) is 121 cm³/mol. The third-order valence-corrected chi connectivity index (χ3v) is 8.67. The fourth-order valence-electron chi connectivity index (χ4n) is 6.03. The minimum Gasteiger partial charge on any atom is -0.461 e. The van der Waals surface area contributed by atoms with E-state index >= 15 is 0 Å². The Hall–Kier alpha value is -2.41. The number of nitrogens with zero attached hydrogens (tertiary/aromatic N) is 1. The van der Waals surface area contributed by atoms with Crippen molar-refractivity contribution in [2.45, 2.75) is 59.0 Å². The molecule has 2 aliphatic carbocycles. The largest absolute Gasteiger partial charge is 0.461 e. The zero-order valence-electron chi connectivity index (χ0n) is 18.4. The fourth-order valence-corrected chi connectivity index (χ4v) is 7.29. The molecule has 31 heavy (non-hydrogen) atoms. The monoisotopic (exact) mass is 439 g/mol. The van der Waals surface area contributed by atoms with Crippen LogP contribution in [0.5, 0.6) is 0 Å². The van der Waals surface area contributed by atoms with E-state index in [2.05, 4.69) is 24.5 Å². The lowest BCUT2D eigenvalue weighted by atomic mass is 9.54. The van der Waals surface area contributed by atoms with Gasteiger partial charge in [0, 0.05) is 28.3 Å². The SMILES string of the molecule is Cc1ccc(NC(=O)Nc2nc3c(s2)CC2(C)CCC4C(C)C(=O)OC4C2C3C)cc1. The first-order valence-electron chi connectivity index (χ1n) is 11.1. The predicted octanol–water partition coefficient (Wildman–Crippen LogP) is 5.35. The molecule has 2 fully saturated rings. The summed E-state index contributed by atoms with van der Waals surface area (Å²) < 4.78 is 5.90. The molecule has 1 saturated heterocycles. The molecule has 6 nitrogen and oxygen atoms in total. The van der Waals surface area contributed by atoms with Crippen LogP contribution >= 0.6 is 11.3 Å². The van der Waals surface area contributed by atoms with Crippen LogP contribution in [-0.2, 0) is 16.0 Å². The topological polar surface area (TPSA) is 80.3 Å². The van der Waals surface area contributed by atoms with E-state index in [1.165, 1.54) is 4.88 Å². The summed E-state index contributed by atoms with van der Waals surface area (Å²) in [5.41, 5.74) is 3.03. The summed E-state index contributed by atoms with van der Waals surface area (Å²) in [5, 5.41) is 6.40. The van der Waals surface area contributed by atoms with Gasteiger partial charge >= 0.3 is 12.0 Å². The van der Waals surface area contributed by atoms with E-state index in [1.54, 1.807) is 11.3 Å². The number of hydrogen-bond donors (Lipinski definition) is 2.